The third-order valence-electron chi connectivity index (χ3n) is 2.10. The predicted octanol–water partition coefficient (Wildman–Crippen LogP) is 1.13. The second-order valence-electron chi connectivity index (χ2n) is 3.23. The Morgan fingerprint density at radius 2 is 2.18 bits per heavy atom. The van der Waals surface area contributed by atoms with Crippen molar-refractivity contribution in [3.63, 3.8) is 0 Å². The molecule has 0 spiro atoms. The largest absolute Gasteiger partial charge is 0.497 e. The molecule has 0 aliphatic rings. The number of rotatable bonds is 6. The number of aliphatic hydroxyl groups is 1. The van der Waals surface area contributed by atoms with Crippen molar-refractivity contribution in [2.24, 2.45) is 0 Å². The van der Waals surface area contributed by atoms with Crippen LogP contribution in [0.3, 0.4) is 0 Å². The van der Waals surface area contributed by atoms with Crippen LogP contribution < -0.4 is 9.47 Å². The number of esters is 1. The first-order valence-corrected chi connectivity index (χ1v) is 5.27. The average molecular weight is 240 g/mol. The van der Waals surface area contributed by atoms with Crippen molar-refractivity contribution in [2.45, 2.75) is 13.5 Å². The third-order valence-corrected chi connectivity index (χ3v) is 2.10. The average Bonchev–Trinajstić information content (AvgIpc) is 2.36. The molecule has 0 unspecified atom stereocenters. The molecule has 0 saturated carbocycles. The Kier molecular flexibility index (Phi) is 5.29. The van der Waals surface area contributed by atoms with E-state index in [0.717, 1.165) is 0 Å². The van der Waals surface area contributed by atoms with Gasteiger partial charge in [0.25, 0.3) is 0 Å². The van der Waals surface area contributed by atoms with E-state index in [1.54, 1.807) is 25.1 Å². The van der Waals surface area contributed by atoms with Gasteiger partial charge in [-0.05, 0) is 19.1 Å². The minimum absolute atomic E-state index is 0.165. The van der Waals surface area contributed by atoms with Gasteiger partial charge >= 0.3 is 5.97 Å². The summed E-state index contributed by atoms with van der Waals surface area (Å²) in [7, 11) is 1.53. The van der Waals surface area contributed by atoms with Gasteiger partial charge in [-0.1, -0.05) is 0 Å². The van der Waals surface area contributed by atoms with Crippen LogP contribution in [0.2, 0.25) is 0 Å². The van der Waals surface area contributed by atoms with Gasteiger partial charge in [-0.25, -0.2) is 4.79 Å². The summed E-state index contributed by atoms with van der Waals surface area (Å²) in [5, 5.41) is 9.11. The molecule has 1 rings (SSSR count). The maximum atomic E-state index is 11.1. The van der Waals surface area contributed by atoms with Crippen molar-refractivity contribution in [1.29, 1.82) is 0 Å². The molecule has 1 N–H and O–H groups in total. The number of carbonyl (C=O) groups is 1. The number of methoxy groups -OCH3 is 1. The van der Waals surface area contributed by atoms with Crippen LogP contribution in [0.1, 0.15) is 12.5 Å². The molecule has 0 saturated heterocycles. The Morgan fingerprint density at radius 3 is 2.76 bits per heavy atom. The lowest BCUT2D eigenvalue weighted by atomic mass is 10.2. The van der Waals surface area contributed by atoms with Crippen molar-refractivity contribution >= 4 is 5.97 Å². The maximum absolute atomic E-state index is 11.1. The van der Waals surface area contributed by atoms with Crippen molar-refractivity contribution in [1.82, 2.24) is 0 Å². The van der Waals surface area contributed by atoms with Crippen molar-refractivity contribution in [3.8, 4) is 11.5 Å². The molecule has 5 heteroatoms. The van der Waals surface area contributed by atoms with Crippen LogP contribution in [-0.4, -0.2) is 31.4 Å². The molecule has 0 fully saturated rings. The summed E-state index contributed by atoms with van der Waals surface area (Å²) in [6.07, 6.45) is 0. The minimum atomic E-state index is -0.445. The fourth-order valence-electron chi connectivity index (χ4n) is 1.27. The lowest BCUT2D eigenvalue weighted by molar-refractivity contribution is -0.145. The summed E-state index contributed by atoms with van der Waals surface area (Å²) in [4.78, 5) is 11.1. The summed E-state index contributed by atoms with van der Waals surface area (Å²) in [6.45, 7) is 1.69. The molecule has 1 aromatic carbocycles. The van der Waals surface area contributed by atoms with Crippen LogP contribution >= 0.6 is 0 Å². The van der Waals surface area contributed by atoms with Gasteiger partial charge < -0.3 is 19.3 Å². The standard InChI is InChI=1S/C12H16O5/c1-3-16-12(14)8-17-11-6-10(15-2)5-4-9(11)7-13/h4-6,13H,3,7-8H2,1-2H3. The quantitative estimate of drug-likeness (QED) is 0.755. The first-order chi connectivity index (χ1) is 8.21. The Labute approximate surface area is 99.9 Å². The highest BCUT2D eigenvalue weighted by atomic mass is 16.6. The summed E-state index contributed by atoms with van der Waals surface area (Å²) in [6, 6.07) is 5.01. The zero-order valence-corrected chi connectivity index (χ0v) is 9.93. The highest BCUT2D eigenvalue weighted by molar-refractivity contribution is 5.71. The van der Waals surface area contributed by atoms with Crippen LogP contribution in [0.25, 0.3) is 0 Å². The van der Waals surface area contributed by atoms with Gasteiger partial charge in [0.05, 0.1) is 20.3 Å². The van der Waals surface area contributed by atoms with E-state index in [1.165, 1.54) is 7.11 Å². The van der Waals surface area contributed by atoms with Crippen LogP contribution in [0.5, 0.6) is 11.5 Å². The molecule has 0 radical (unpaired) electrons. The first-order valence-electron chi connectivity index (χ1n) is 5.27. The number of carbonyl (C=O) groups excluding carboxylic acids is 1. The van der Waals surface area contributed by atoms with Crippen LogP contribution in [-0.2, 0) is 16.1 Å². The fourth-order valence-corrected chi connectivity index (χ4v) is 1.27. The van der Waals surface area contributed by atoms with Gasteiger partial charge in [0.2, 0.25) is 0 Å². The molecular weight excluding hydrogens is 224 g/mol. The minimum Gasteiger partial charge on any atom is -0.497 e. The molecule has 94 valence electrons. The van der Waals surface area contributed by atoms with E-state index in [-0.39, 0.29) is 13.2 Å². The molecular formula is C12H16O5. The highest BCUT2D eigenvalue weighted by Gasteiger charge is 2.08. The number of hydrogen-bond acceptors (Lipinski definition) is 5. The number of benzene rings is 1. The molecule has 0 aliphatic carbocycles. The predicted molar refractivity (Wildman–Crippen MR) is 61.0 cm³/mol. The molecule has 0 heterocycles. The monoisotopic (exact) mass is 240 g/mol. The zero-order chi connectivity index (χ0) is 12.7. The number of hydrogen-bond donors (Lipinski definition) is 1. The highest BCUT2D eigenvalue weighted by Crippen LogP contribution is 2.24. The summed E-state index contributed by atoms with van der Waals surface area (Å²) in [5.74, 6) is 0.570. The van der Waals surface area contributed by atoms with Gasteiger partial charge in [-0.2, -0.15) is 0 Å². The topological polar surface area (TPSA) is 65.0 Å². The number of aliphatic hydroxyl groups excluding tert-OH is 1. The molecule has 0 atom stereocenters. The Morgan fingerprint density at radius 1 is 1.41 bits per heavy atom. The molecule has 5 nitrogen and oxygen atoms in total. The molecule has 17 heavy (non-hydrogen) atoms. The SMILES string of the molecule is CCOC(=O)COc1cc(OC)ccc1CO. The van der Waals surface area contributed by atoms with Crippen molar-refractivity contribution < 1.29 is 24.1 Å². The van der Waals surface area contributed by atoms with Crippen LogP contribution in [0, 0.1) is 0 Å². The molecule has 0 bridgehead atoms. The maximum Gasteiger partial charge on any atom is 0.344 e. The smallest absolute Gasteiger partial charge is 0.344 e. The van der Waals surface area contributed by atoms with E-state index >= 15 is 0 Å². The Hall–Kier alpha value is -1.75. The van der Waals surface area contributed by atoms with E-state index in [2.05, 4.69) is 0 Å². The summed E-state index contributed by atoms with van der Waals surface area (Å²) < 4.78 is 15.0. The van der Waals surface area contributed by atoms with Gasteiger partial charge in [0.1, 0.15) is 11.5 Å². The first kappa shape index (κ1) is 13.3. The molecule has 0 amide bonds. The van der Waals surface area contributed by atoms with Crippen molar-refractivity contribution in [3.05, 3.63) is 23.8 Å². The van der Waals surface area contributed by atoms with Crippen LogP contribution in [0.4, 0.5) is 0 Å². The van der Waals surface area contributed by atoms with E-state index in [0.29, 0.717) is 23.7 Å². The zero-order valence-electron chi connectivity index (χ0n) is 9.93. The van der Waals surface area contributed by atoms with E-state index in [4.69, 9.17) is 19.3 Å². The molecule has 0 aliphatic heterocycles. The van der Waals surface area contributed by atoms with Gasteiger partial charge in [0, 0.05) is 11.6 Å². The van der Waals surface area contributed by atoms with Crippen molar-refractivity contribution in [2.75, 3.05) is 20.3 Å². The van der Waals surface area contributed by atoms with Crippen LogP contribution in [0.15, 0.2) is 18.2 Å². The Bertz CT molecular complexity index is 375. The van der Waals surface area contributed by atoms with E-state index in [1.807, 2.05) is 0 Å². The van der Waals surface area contributed by atoms with Gasteiger partial charge in [-0.15, -0.1) is 0 Å². The molecule has 1 aromatic rings. The summed E-state index contributed by atoms with van der Waals surface area (Å²) >= 11 is 0. The Balaban J connectivity index is 2.70. The lowest BCUT2D eigenvalue weighted by Gasteiger charge is -2.11. The van der Waals surface area contributed by atoms with E-state index in [9.17, 15) is 4.79 Å². The summed E-state index contributed by atoms with van der Waals surface area (Å²) in [5.41, 5.74) is 0.593. The van der Waals surface area contributed by atoms with Gasteiger partial charge in [0.15, 0.2) is 6.61 Å². The van der Waals surface area contributed by atoms with E-state index < -0.39 is 5.97 Å². The fraction of sp³-hybridized carbons (Fsp3) is 0.417. The number of ether oxygens (including phenoxy) is 3. The normalized spacial score (nSPS) is 9.82. The lowest BCUT2D eigenvalue weighted by Crippen LogP contribution is -2.15. The van der Waals surface area contributed by atoms with Gasteiger partial charge in [-0.3, -0.25) is 0 Å². The second kappa shape index (κ2) is 6.75. The third kappa shape index (κ3) is 3.96. The second-order valence-corrected chi connectivity index (χ2v) is 3.23. The molecule has 0 aromatic heterocycles.